The summed E-state index contributed by atoms with van der Waals surface area (Å²) in [6.45, 7) is 0. The van der Waals surface area contributed by atoms with Crippen molar-refractivity contribution in [1.29, 1.82) is 0 Å². The van der Waals surface area contributed by atoms with E-state index in [1.807, 2.05) is 0 Å². The molecule has 0 amide bonds. The minimum Gasteiger partial charge on any atom is -0.396 e. The maximum Gasteiger partial charge on any atom is 0.146 e. The van der Waals surface area contributed by atoms with Crippen LogP contribution in [0.2, 0.25) is 0 Å². The second-order valence-electron chi connectivity index (χ2n) is 3.92. The number of nitrogens with zero attached hydrogens (tertiary/aromatic N) is 2. The number of rotatable bonds is 1. The van der Waals surface area contributed by atoms with Gasteiger partial charge in [-0.3, -0.25) is 0 Å². The van der Waals surface area contributed by atoms with Crippen molar-refractivity contribution in [3.8, 4) is 11.1 Å². The summed E-state index contributed by atoms with van der Waals surface area (Å²) in [6.07, 6.45) is 3.10. The van der Waals surface area contributed by atoms with E-state index in [1.165, 1.54) is 18.5 Å². The topological polar surface area (TPSA) is 93.6 Å². The van der Waals surface area contributed by atoms with Gasteiger partial charge in [0.15, 0.2) is 0 Å². The number of hydrogen-bond acceptors (Lipinski definition) is 4. The van der Waals surface area contributed by atoms with E-state index in [1.54, 1.807) is 12.3 Å². The molecule has 18 heavy (non-hydrogen) atoms. The van der Waals surface area contributed by atoms with Crippen LogP contribution in [0.25, 0.3) is 22.2 Å². The number of benzene rings is 1. The Balaban J connectivity index is 2.28. The van der Waals surface area contributed by atoms with Crippen molar-refractivity contribution >= 4 is 22.5 Å². The van der Waals surface area contributed by atoms with Crippen LogP contribution in [0.5, 0.6) is 0 Å². The summed E-state index contributed by atoms with van der Waals surface area (Å²) in [4.78, 5) is 11.0. The standard InChI is InChI=1S/C12H10FN5/c13-8-3-6(1-2-9(8)14)7-4-16-12-10(7)11(15)17-5-18-12/h1-5H,14H2,(H3,15,16,17,18). The lowest BCUT2D eigenvalue weighted by molar-refractivity contribution is 0.633. The maximum atomic E-state index is 13.5. The summed E-state index contributed by atoms with van der Waals surface area (Å²) in [5.74, 6) is -0.106. The highest BCUT2D eigenvalue weighted by Gasteiger charge is 2.11. The Hall–Kier alpha value is -2.63. The number of halogens is 1. The van der Waals surface area contributed by atoms with Gasteiger partial charge in [0, 0.05) is 11.8 Å². The molecule has 1 aromatic carbocycles. The van der Waals surface area contributed by atoms with E-state index in [9.17, 15) is 4.39 Å². The summed E-state index contributed by atoms with van der Waals surface area (Å²) >= 11 is 0. The van der Waals surface area contributed by atoms with E-state index in [2.05, 4.69) is 15.0 Å². The highest BCUT2D eigenvalue weighted by Crippen LogP contribution is 2.31. The van der Waals surface area contributed by atoms with Gasteiger partial charge in [0.1, 0.15) is 23.6 Å². The molecule has 90 valence electrons. The lowest BCUT2D eigenvalue weighted by Crippen LogP contribution is -1.93. The van der Waals surface area contributed by atoms with Crippen LogP contribution in [0.1, 0.15) is 0 Å². The van der Waals surface area contributed by atoms with Crippen LogP contribution in [0, 0.1) is 5.82 Å². The van der Waals surface area contributed by atoms with E-state index in [0.29, 0.717) is 22.4 Å². The fourth-order valence-electron chi connectivity index (χ4n) is 1.91. The Morgan fingerprint density at radius 2 is 2.00 bits per heavy atom. The molecule has 0 aliphatic rings. The first-order chi connectivity index (χ1) is 8.66. The van der Waals surface area contributed by atoms with Crippen LogP contribution in [-0.4, -0.2) is 15.0 Å². The zero-order valence-corrected chi connectivity index (χ0v) is 9.31. The lowest BCUT2D eigenvalue weighted by atomic mass is 10.1. The quantitative estimate of drug-likeness (QED) is 0.569. The Morgan fingerprint density at radius 1 is 1.17 bits per heavy atom. The number of nitrogens with one attached hydrogen (secondary N) is 1. The van der Waals surface area contributed by atoms with E-state index in [0.717, 1.165) is 5.56 Å². The van der Waals surface area contributed by atoms with Gasteiger partial charge in [-0.15, -0.1) is 0 Å². The molecule has 0 aliphatic heterocycles. The Kier molecular flexibility index (Phi) is 2.16. The fourth-order valence-corrected chi connectivity index (χ4v) is 1.91. The van der Waals surface area contributed by atoms with Crippen LogP contribution in [-0.2, 0) is 0 Å². The predicted molar refractivity (Wildman–Crippen MR) is 68.1 cm³/mol. The third-order valence-electron chi connectivity index (χ3n) is 2.81. The van der Waals surface area contributed by atoms with E-state index in [-0.39, 0.29) is 5.69 Å². The maximum absolute atomic E-state index is 13.5. The fraction of sp³-hybridized carbons (Fsp3) is 0. The first kappa shape index (κ1) is 10.5. The van der Waals surface area contributed by atoms with Crippen LogP contribution in [0.4, 0.5) is 15.9 Å². The third-order valence-corrected chi connectivity index (χ3v) is 2.81. The Labute approximate surface area is 102 Å². The molecule has 0 saturated heterocycles. The SMILES string of the molecule is Nc1ccc(-c2c[nH]c3ncnc(N)c23)cc1F. The molecule has 0 bridgehead atoms. The van der Waals surface area contributed by atoms with Gasteiger partial charge in [-0.25, -0.2) is 14.4 Å². The van der Waals surface area contributed by atoms with E-state index >= 15 is 0 Å². The summed E-state index contributed by atoms with van der Waals surface area (Å²) in [5, 5.41) is 0.682. The van der Waals surface area contributed by atoms with Crippen molar-refractivity contribution in [2.75, 3.05) is 11.5 Å². The third kappa shape index (κ3) is 1.46. The molecule has 0 unspecified atom stereocenters. The van der Waals surface area contributed by atoms with Crippen molar-refractivity contribution in [2.45, 2.75) is 0 Å². The van der Waals surface area contributed by atoms with Gasteiger partial charge in [-0.05, 0) is 17.7 Å². The molecular formula is C12H10FN5. The van der Waals surface area contributed by atoms with Crippen LogP contribution < -0.4 is 11.5 Å². The molecule has 2 aromatic heterocycles. The average molecular weight is 243 g/mol. The second kappa shape index (κ2) is 3.69. The van der Waals surface area contributed by atoms with E-state index in [4.69, 9.17) is 11.5 Å². The average Bonchev–Trinajstić information content (AvgIpc) is 2.78. The minimum absolute atomic E-state index is 0.114. The van der Waals surface area contributed by atoms with Gasteiger partial charge in [-0.1, -0.05) is 6.07 Å². The lowest BCUT2D eigenvalue weighted by Gasteiger charge is -2.03. The number of aromatic amines is 1. The van der Waals surface area contributed by atoms with Gasteiger partial charge in [-0.2, -0.15) is 0 Å². The molecule has 0 atom stereocenters. The Bertz CT molecular complexity index is 734. The van der Waals surface area contributed by atoms with Crippen molar-refractivity contribution in [2.24, 2.45) is 0 Å². The summed E-state index contributed by atoms with van der Waals surface area (Å²) in [5.41, 5.74) is 13.4. The van der Waals surface area contributed by atoms with Crippen molar-refractivity contribution < 1.29 is 4.39 Å². The van der Waals surface area contributed by atoms with Crippen molar-refractivity contribution in [3.63, 3.8) is 0 Å². The minimum atomic E-state index is -0.461. The largest absolute Gasteiger partial charge is 0.396 e. The number of nitrogens with two attached hydrogens (primary N) is 2. The van der Waals surface area contributed by atoms with Gasteiger partial charge in [0.2, 0.25) is 0 Å². The molecule has 0 fully saturated rings. The summed E-state index contributed by atoms with van der Waals surface area (Å²) in [7, 11) is 0. The highest BCUT2D eigenvalue weighted by molar-refractivity contribution is 6.00. The highest BCUT2D eigenvalue weighted by atomic mass is 19.1. The molecule has 0 radical (unpaired) electrons. The first-order valence-electron chi connectivity index (χ1n) is 5.30. The van der Waals surface area contributed by atoms with Crippen molar-refractivity contribution in [3.05, 3.63) is 36.5 Å². The van der Waals surface area contributed by atoms with Crippen molar-refractivity contribution in [1.82, 2.24) is 15.0 Å². The van der Waals surface area contributed by atoms with Gasteiger partial charge in [0.25, 0.3) is 0 Å². The van der Waals surface area contributed by atoms with Gasteiger partial charge < -0.3 is 16.5 Å². The van der Waals surface area contributed by atoms with Crippen LogP contribution >= 0.6 is 0 Å². The van der Waals surface area contributed by atoms with Gasteiger partial charge >= 0.3 is 0 Å². The number of fused-ring (bicyclic) bond motifs is 1. The molecule has 0 spiro atoms. The predicted octanol–water partition coefficient (Wildman–Crippen LogP) is 1.93. The Morgan fingerprint density at radius 3 is 2.78 bits per heavy atom. The summed E-state index contributed by atoms with van der Waals surface area (Å²) < 4.78 is 13.5. The molecule has 5 nitrogen and oxygen atoms in total. The number of hydrogen-bond donors (Lipinski definition) is 3. The van der Waals surface area contributed by atoms with Gasteiger partial charge in [0.05, 0.1) is 11.1 Å². The monoisotopic (exact) mass is 243 g/mol. The molecule has 6 heteroatoms. The molecule has 3 rings (SSSR count). The smallest absolute Gasteiger partial charge is 0.146 e. The normalized spacial score (nSPS) is 10.9. The summed E-state index contributed by atoms with van der Waals surface area (Å²) in [6, 6.07) is 4.61. The zero-order valence-electron chi connectivity index (χ0n) is 9.31. The zero-order chi connectivity index (χ0) is 12.7. The number of H-pyrrole nitrogens is 1. The number of anilines is 2. The molecule has 3 aromatic rings. The molecule has 0 saturated carbocycles. The number of aromatic nitrogens is 3. The molecular weight excluding hydrogens is 233 g/mol. The second-order valence-corrected chi connectivity index (χ2v) is 3.92. The van der Waals surface area contributed by atoms with Crippen LogP contribution in [0.15, 0.2) is 30.7 Å². The first-order valence-corrected chi connectivity index (χ1v) is 5.30. The molecule has 5 N–H and O–H groups in total. The number of nitrogen functional groups attached to an aromatic ring is 2. The van der Waals surface area contributed by atoms with Crippen LogP contribution in [0.3, 0.4) is 0 Å². The molecule has 0 aliphatic carbocycles. The molecule has 2 heterocycles. The van der Waals surface area contributed by atoms with E-state index < -0.39 is 5.82 Å².